The molecule has 0 atom stereocenters. The lowest BCUT2D eigenvalue weighted by Crippen LogP contribution is -2.19. The SMILES string of the molecule is COc1cnc(NS(=O)(=O)c2ccc(NC(N)=S)cc2)nc1. The highest BCUT2D eigenvalue weighted by molar-refractivity contribution is 7.92. The van der Waals surface area contributed by atoms with Gasteiger partial charge in [0.2, 0.25) is 5.95 Å². The molecule has 8 nitrogen and oxygen atoms in total. The van der Waals surface area contributed by atoms with Gasteiger partial charge >= 0.3 is 0 Å². The summed E-state index contributed by atoms with van der Waals surface area (Å²) < 4.78 is 31.6. The van der Waals surface area contributed by atoms with E-state index in [0.717, 1.165) is 0 Å². The number of sulfonamides is 1. The Kier molecular flexibility index (Phi) is 4.73. The number of nitrogens with one attached hydrogen (secondary N) is 2. The molecule has 10 heteroatoms. The Morgan fingerprint density at radius 3 is 2.32 bits per heavy atom. The highest BCUT2D eigenvalue weighted by Crippen LogP contribution is 2.17. The van der Waals surface area contributed by atoms with Crippen molar-refractivity contribution in [1.82, 2.24) is 9.97 Å². The van der Waals surface area contributed by atoms with Crippen molar-refractivity contribution in [2.24, 2.45) is 5.73 Å². The van der Waals surface area contributed by atoms with Crippen LogP contribution in [0.15, 0.2) is 41.6 Å². The fourth-order valence-corrected chi connectivity index (χ4v) is 2.59. The van der Waals surface area contributed by atoms with Crippen molar-refractivity contribution in [1.29, 1.82) is 0 Å². The van der Waals surface area contributed by atoms with Gasteiger partial charge in [0.05, 0.1) is 24.4 Å². The van der Waals surface area contributed by atoms with E-state index < -0.39 is 10.0 Å². The molecule has 0 radical (unpaired) electrons. The number of anilines is 2. The molecule has 2 aromatic rings. The Labute approximate surface area is 132 Å². The molecule has 2 rings (SSSR count). The summed E-state index contributed by atoms with van der Waals surface area (Å²) in [5.74, 6) is 0.377. The number of thiocarbonyl (C=S) groups is 1. The highest BCUT2D eigenvalue weighted by Gasteiger charge is 2.15. The number of methoxy groups -OCH3 is 1. The van der Waals surface area contributed by atoms with Gasteiger partial charge < -0.3 is 15.8 Å². The predicted octanol–water partition coefficient (Wildman–Crippen LogP) is 0.942. The molecule has 0 saturated heterocycles. The van der Waals surface area contributed by atoms with Gasteiger partial charge in [-0.25, -0.2) is 23.1 Å². The number of ether oxygens (including phenoxy) is 1. The highest BCUT2D eigenvalue weighted by atomic mass is 32.2. The molecule has 4 N–H and O–H groups in total. The first-order chi connectivity index (χ1) is 10.4. The maximum absolute atomic E-state index is 12.2. The molecule has 0 spiro atoms. The quantitative estimate of drug-likeness (QED) is 0.689. The summed E-state index contributed by atoms with van der Waals surface area (Å²) in [6, 6.07) is 5.91. The Hall–Kier alpha value is -2.46. The maximum atomic E-state index is 12.2. The first-order valence-corrected chi connectivity index (χ1v) is 7.85. The van der Waals surface area contributed by atoms with Crippen molar-refractivity contribution in [3.05, 3.63) is 36.7 Å². The molecule has 1 heterocycles. The van der Waals surface area contributed by atoms with E-state index in [1.54, 1.807) is 12.1 Å². The van der Waals surface area contributed by atoms with Gasteiger partial charge in [0.1, 0.15) is 0 Å². The number of nitrogens with zero attached hydrogens (tertiary/aromatic N) is 2. The first kappa shape index (κ1) is 15.9. The molecule has 0 bridgehead atoms. The second kappa shape index (κ2) is 6.54. The molecule has 1 aromatic carbocycles. The van der Waals surface area contributed by atoms with Crippen LogP contribution in [0.5, 0.6) is 5.75 Å². The van der Waals surface area contributed by atoms with E-state index in [-0.39, 0.29) is 16.0 Å². The van der Waals surface area contributed by atoms with Gasteiger partial charge in [-0.2, -0.15) is 0 Å². The normalized spacial score (nSPS) is 10.8. The smallest absolute Gasteiger partial charge is 0.264 e. The third-order valence-electron chi connectivity index (χ3n) is 2.52. The lowest BCUT2D eigenvalue weighted by Gasteiger charge is -2.08. The fraction of sp³-hybridized carbons (Fsp3) is 0.0833. The largest absolute Gasteiger partial charge is 0.494 e. The summed E-state index contributed by atoms with van der Waals surface area (Å²) in [6.07, 6.45) is 2.72. The summed E-state index contributed by atoms with van der Waals surface area (Å²) in [5, 5.41) is 2.80. The van der Waals surface area contributed by atoms with Crippen molar-refractivity contribution in [3.8, 4) is 5.75 Å². The zero-order valence-electron chi connectivity index (χ0n) is 11.5. The molecule has 0 fully saturated rings. The Morgan fingerprint density at radius 2 is 1.82 bits per heavy atom. The van der Waals surface area contributed by atoms with Crippen LogP contribution in [0.4, 0.5) is 11.6 Å². The zero-order valence-corrected chi connectivity index (χ0v) is 13.1. The van der Waals surface area contributed by atoms with Crippen molar-refractivity contribution < 1.29 is 13.2 Å². The summed E-state index contributed by atoms with van der Waals surface area (Å²) in [5.41, 5.74) is 5.93. The predicted molar refractivity (Wildman–Crippen MR) is 86.2 cm³/mol. The Morgan fingerprint density at radius 1 is 1.23 bits per heavy atom. The van der Waals surface area contributed by atoms with Crippen LogP contribution in [0, 0.1) is 0 Å². The fourth-order valence-electron chi connectivity index (χ4n) is 1.51. The molecule has 0 unspecified atom stereocenters. The minimum absolute atomic E-state index is 0.0499. The second-order valence-corrected chi connectivity index (χ2v) is 6.19. The van der Waals surface area contributed by atoms with Gasteiger partial charge in [0, 0.05) is 5.69 Å². The molecule has 0 amide bonds. The molecule has 0 aliphatic carbocycles. The van der Waals surface area contributed by atoms with Gasteiger partial charge in [0.15, 0.2) is 10.9 Å². The Balaban J connectivity index is 2.16. The minimum atomic E-state index is -3.79. The van der Waals surface area contributed by atoms with Gasteiger partial charge in [-0.05, 0) is 36.5 Å². The third kappa shape index (κ3) is 4.02. The number of aromatic nitrogens is 2. The lowest BCUT2D eigenvalue weighted by atomic mass is 10.3. The topological polar surface area (TPSA) is 119 Å². The summed E-state index contributed by atoms with van der Waals surface area (Å²) in [4.78, 5) is 7.75. The summed E-state index contributed by atoms with van der Waals surface area (Å²) in [7, 11) is -2.32. The first-order valence-electron chi connectivity index (χ1n) is 5.96. The zero-order chi connectivity index (χ0) is 16.2. The van der Waals surface area contributed by atoms with E-state index in [0.29, 0.717) is 11.4 Å². The van der Waals surface area contributed by atoms with E-state index in [2.05, 4.69) is 20.0 Å². The van der Waals surface area contributed by atoms with Crippen LogP contribution in [0.2, 0.25) is 0 Å². The van der Waals surface area contributed by atoms with Gasteiger partial charge in [-0.1, -0.05) is 0 Å². The molecule has 1 aromatic heterocycles. The van der Waals surface area contributed by atoms with Crippen molar-refractivity contribution in [2.45, 2.75) is 4.90 Å². The van der Waals surface area contributed by atoms with Crippen LogP contribution >= 0.6 is 12.2 Å². The van der Waals surface area contributed by atoms with Crippen LogP contribution in [0.25, 0.3) is 0 Å². The molecular formula is C12H13N5O3S2. The standard InChI is InChI=1S/C12H13N5O3S2/c1-20-9-6-14-12(15-7-9)17-22(18,19)10-4-2-8(3-5-10)16-11(13)21/h2-7H,1H3,(H3,13,16,21)(H,14,15,17). The van der Waals surface area contributed by atoms with Gasteiger partial charge in [0.25, 0.3) is 10.0 Å². The van der Waals surface area contributed by atoms with Crippen molar-refractivity contribution >= 4 is 39.0 Å². The average molecular weight is 339 g/mol. The van der Waals surface area contributed by atoms with Crippen LogP contribution in [0.3, 0.4) is 0 Å². The van der Waals surface area contributed by atoms with Crippen LogP contribution < -0.4 is 20.5 Å². The number of benzene rings is 1. The van der Waals surface area contributed by atoms with Crippen molar-refractivity contribution in [2.75, 3.05) is 17.1 Å². The number of nitrogens with two attached hydrogens (primary N) is 1. The van der Waals surface area contributed by atoms with Crippen LogP contribution in [-0.2, 0) is 10.0 Å². The molecular weight excluding hydrogens is 326 g/mol. The Bertz CT molecular complexity index is 760. The maximum Gasteiger partial charge on any atom is 0.264 e. The second-order valence-electron chi connectivity index (χ2n) is 4.07. The number of rotatable bonds is 5. The molecule has 22 heavy (non-hydrogen) atoms. The molecule has 0 saturated carbocycles. The average Bonchev–Trinajstić information content (AvgIpc) is 2.47. The lowest BCUT2D eigenvalue weighted by molar-refractivity contribution is 0.411. The number of hydrogen-bond donors (Lipinski definition) is 3. The van der Waals surface area contributed by atoms with E-state index in [1.807, 2.05) is 0 Å². The van der Waals surface area contributed by atoms with E-state index in [1.165, 1.54) is 31.6 Å². The molecule has 0 aliphatic heterocycles. The third-order valence-corrected chi connectivity index (χ3v) is 3.97. The van der Waals surface area contributed by atoms with E-state index in [4.69, 9.17) is 22.7 Å². The molecule has 116 valence electrons. The summed E-state index contributed by atoms with van der Waals surface area (Å²) >= 11 is 4.70. The van der Waals surface area contributed by atoms with Crippen molar-refractivity contribution in [3.63, 3.8) is 0 Å². The van der Waals surface area contributed by atoms with Crippen LogP contribution in [-0.4, -0.2) is 30.6 Å². The van der Waals surface area contributed by atoms with Gasteiger partial charge in [-0.3, -0.25) is 0 Å². The monoisotopic (exact) mass is 339 g/mol. The van der Waals surface area contributed by atoms with E-state index >= 15 is 0 Å². The van der Waals surface area contributed by atoms with E-state index in [9.17, 15) is 8.42 Å². The van der Waals surface area contributed by atoms with Gasteiger partial charge in [-0.15, -0.1) is 0 Å². The number of hydrogen-bond acceptors (Lipinski definition) is 6. The van der Waals surface area contributed by atoms with Crippen LogP contribution in [0.1, 0.15) is 0 Å². The summed E-state index contributed by atoms with van der Waals surface area (Å²) in [6.45, 7) is 0. The molecule has 0 aliphatic rings. The minimum Gasteiger partial charge on any atom is -0.494 e.